The molecule has 5 unspecified atom stereocenters. The number of nitrogens with zero attached hydrogens (tertiary/aromatic N) is 2. The number of nitrogens with two attached hydrogens (primary N) is 2. The third-order valence-electron chi connectivity index (χ3n) is 10.7. The van der Waals surface area contributed by atoms with E-state index in [2.05, 4.69) is 49.3 Å². The van der Waals surface area contributed by atoms with Crippen LogP contribution < -0.4 is 27.2 Å². The zero-order chi connectivity index (χ0) is 39.4. The number of halogens is 6. The van der Waals surface area contributed by atoms with E-state index in [1.54, 1.807) is 14.1 Å². The molecule has 294 valence electrons. The second kappa shape index (κ2) is 18.1. The summed E-state index contributed by atoms with van der Waals surface area (Å²) in [5.74, 6) is 2.03. The lowest BCUT2D eigenvalue weighted by Gasteiger charge is -2.29. The van der Waals surface area contributed by atoms with Crippen LogP contribution in [0.2, 0.25) is 5.02 Å². The summed E-state index contributed by atoms with van der Waals surface area (Å²) in [5, 5.41) is 7.90. The first-order chi connectivity index (χ1) is 24.9. The predicted octanol–water partition coefficient (Wildman–Crippen LogP) is 9.21. The first kappa shape index (κ1) is 42.8. The van der Waals surface area contributed by atoms with Crippen LogP contribution >= 0.6 is 11.6 Å². The largest absolute Gasteiger partial charge is 0.371 e. The third kappa shape index (κ3) is 10.2. The number of hydrogen-bond acceptors (Lipinski definition) is 6. The highest BCUT2D eigenvalue weighted by Gasteiger charge is 2.47. The SMILES string of the molecule is CCCC/C(=C(\C=C(\C)C(C)C)c1ccc(Cl)c(C(C)N)c1N(C)N)[C@H](Cc1cc(F)cc(F)c1)C1CN1CNC1=C(C(NC)C(C)F)CCC1(F)F. The minimum absolute atomic E-state index is 0.0868. The molecule has 12 heteroatoms. The molecule has 2 aromatic rings. The molecule has 6 nitrogen and oxygen atoms in total. The van der Waals surface area contributed by atoms with Gasteiger partial charge in [-0.05, 0) is 94.3 Å². The van der Waals surface area contributed by atoms with Crippen molar-refractivity contribution in [2.45, 2.75) is 110 Å². The average molecular weight is 765 g/mol. The molecule has 6 N–H and O–H groups in total. The van der Waals surface area contributed by atoms with Crippen molar-refractivity contribution in [3.63, 3.8) is 0 Å². The number of benzene rings is 2. The number of allylic oxidation sites excluding steroid dienone is 4. The van der Waals surface area contributed by atoms with Gasteiger partial charge in [0, 0.05) is 60.2 Å². The van der Waals surface area contributed by atoms with Crippen molar-refractivity contribution in [3.8, 4) is 0 Å². The molecule has 0 saturated carbocycles. The minimum Gasteiger partial charge on any atom is -0.371 e. The summed E-state index contributed by atoms with van der Waals surface area (Å²) in [7, 11) is 3.32. The Bertz CT molecular complexity index is 1660. The molecule has 0 aromatic heterocycles. The minimum atomic E-state index is -3.11. The van der Waals surface area contributed by atoms with E-state index < -0.39 is 35.8 Å². The average Bonchev–Trinajstić information content (AvgIpc) is 3.77. The summed E-state index contributed by atoms with van der Waals surface area (Å²) in [6.07, 6.45) is 3.22. The zero-order valence-corrected chi connectivity index (χ0v) is 33.2. The number of alkyl halides is 3. The Hall–Kier alpha value is -2.96. The maximum atomic E-state index is 15.3. The van der Waals surface area contributed by atoms with Crippen LogP contribution in [0.1, 0.15) is 96.4 Å². The lowest BCUT2D eigenvalue weighted by atomic mass is 9.79. The van der Waals surface area contributed by atoms with Gasteiger partial charge in [-0.3, -0.25) is 4.90 Å². The van der Waals surface area contributed by atoms with Gasteiger partial charge in [-0.25, -0.2) is 19.0 Å². The molecule has 53 heavy (non-hydrogen) atoms. The zero-order valence-electron chi connectivity index (χ0n) is 32.4. The first-order valence-corrected chi connectivity index (χ1v) is 19.1. The Morgan fingerprint density at radius 2 is 1.79 bits per heavy atom. The Kier molecular flexibility index (Phi) is 14.6. The molecule has 2 aliphatic rings. The molecule has 0 spiro atoms. The van der Waals surface area contributed by atoms with Crippen molar-refractivity contribution in [1.82, 2.24) is 15.5 Å². The summed E-state index contributed by atoms with van der Waals surface area (Å²) in [5.41, 5.74) is 12.4. The van der Waals surface area contributed by atoms with E-state index in [1.165, 1.54) is 24.1 Å². The lowest BCUT2D eigenvalue weighted by molar-refractivity contribution is 0.0351. The number of rotatable bonds is 18. The van der Waals surface area contributed by atoms with Crippen LogP contribution in [0.15, 0.2) is 58.8 Å². The number of unbranched alkanes of at least 4 members (excludes halogenated alkanes) is 1. The standard InChI is InChI=1S/C41H58ClF5N6/c1-9-10-11-30(33(16-24(4)23(2)3)31-12-13-35(42)37(26(6)48)39(31)52(8)49)34(19-27-17-28(44)20-29(45)18-27)36-21-53(36)22-51-40-32(14-15-41(40,46)47)38(50-7)25(5)43/h12-13,16-18,20,23,25-26,34,36,38,50-51H,9-11,14-15,19,21-22,48-49H2,1-8H3/b24-16-,33-30-/t25?,26?,34-,36?,38?,53?/m0/s1. The van der Waals surface area contributed by atoms with Crippen molar-refractivity contribution >= 4 is 22.9 Å². The van der Waals surface area contributed by atoms with Gasteiger partial charge in [-0.2, -0.15) is 8.78 Å². The van der Waals surface area contributed by atoms with Gasteiger partial charge in [0.25, 0.3) is 5.92 Å². The molecular weight excluding hydrogens is 707 g/mol. The maximum Gasteiger partial charge on any atom is 0.287 e. The summed E-state index contributed by atoms with van der Waals surface area (Å²) in [6.45, 7) is 12.3. The molecule has 2 aromatic carbocycles. The fraction of sp³-hybridized carbons (Fsp3) is 0.561. The number of hydrogen-bond donors (Lipinski definition) is 4. The highest BCUT2D eigenvalue weighted by Crippen LogP contribution is 2.45. The van der Waals surface area contributed by atoms with Gasteiger partial charge in [0.1, 0.15) is 17.8 Å². The summed E-state index contributed by atoms with van der Waals surface area (Å²) in [6, 6.07) is 5.92. The van der Waals surface area contributed by atoms with E-state index >= 15 is 8.78 Å². The predicted molar refractivity (Wildman–Crippen MR) is 208 cm³/mol. The second-order valence-corrected chi connectivity index (χ2v) is 15.6. The number of likely N-dealkylation sites (N-methyl/N-ethyl adjacent to an activating group) is 1. The van der Waals surface area contributed by atoms with Gasteiger partial charge < -0.3 is 21.4 Å². The van der Waals surface area contributed by atoms with Gasteiger partial charge in [0.15, 0.2) is 0 Å². The van der Waals surface area contributed by atoms with Crippen LogP contribution in [-0.4, -0.2) is 56.4 Å². The van der Waals surface area contributed by atoms with Gasteiger partial charge in [-0.1, -0.05) is 62.1 Å². The van der Waals surface area contributed by atoms with Crippen molar-refractivity contribution in [2.24, 2.45) is 23.4 Å². The highest BCUT2D eigenvalue weighted by atomic mass is 35.5. The quantitative estimate of drug-likeness (QED) is 0.0399. The summed E-state index contributed by atoms with van der Waals surface area (Å²) >= 11 is 6.75. The van der Waals surface area contributed by atoms with Crippen molar-refractivity contribution in [2.75, 3.05) is 32.3 Å². The van der Waals surface area contributed by atoms with Gasteiger partial charge in [-0.15, -0.1) is 0 Å². The van der Waals surface area contributed by atoms with E-state index in [0.717, 1.165) is 41.2 Å². The normalized spacial score (nSPS) is 21.4. The van der Waals surface area contributed by atoms with Crippen LogP contribution in [-0.2, 0) is 6.42 Å². The number of anilines is 1. The van der Waals surface area contributed by atoms with Gasteiger partial charge >= 0.3 is 0 Å². The topological polar surface area (TPSA) is 82.3 Å². The third-order valence-corrected chi connectivity index (χ3v) is 11.1. The number of nitrogens with one attached hydrogen (secondary N) is 2. The molecule has 1 fully saturated rings. The maximum absolute atomic E-state index is 15.3. The second-order valence-electron chi connectivity index (χ2n) is 15.2. The fourth-order valence-corrected chi connectivity index (χ4v) is 7.99. The van der Waals surface area contributed by atoms with Crippen LogP contribution in [0.4, 0.5) is 27.6 Å². The monoisotopic (exact) mass is 764 g/mol. The van der Waals surface area contributed by atoms with Crippen LogP contribution in [0, 0.1) is 23.5 Å². The summed E-state index contributed by atoms with van der Waals surface area (Å²) < 4.78 is 74.4. The molecule has 0 amide bonds. The van der Waals surface area contributed by atoms with E-state index in [1.807, 2.05) is 19.1 Å². The van der Waals surface area contributed by atoms with Crippen LogP contribution in [0.25, 0.3) is 5.57 Å². The number of hydrazine groups is 1. The van der Waals surface area contributed by atoms with E-state index in [0.29, 0.717) is 46.8 Å². The molecule has 1 aliphatic carbocycles. The van der Waals surface area contributed by atoms with Crippen molar-refractivity contribution in [3.05, 3.63) is 92.2 Å². The Morgan fingerprint density at radius 1 is 1.13 bits per heavy atom. The molecular formula is C41H58ClF5N6. The fourth-order valence-electron chi connectivity index (χ4n) is 7.66. The van der Waals surface area contributed by atoms with Crippen LogP contribution in [0.5, 0.6) is 0 Å². The molecule has 0 radical (unpaired) electrons. The van der Waals surface area contributed by atoms with Crippen LogP contribution in [0.3, 0.4) is 0 Å². The smallest absolute Gasteiger partial charge is 0.287 e. The van der Waals surface area contributed by atoms with Crippen molar-refractivity contribution in [1.29, 1.82) is 0 Å². The molecule has 1 heterocycles. The summed E-state index contributed by atoms with van der Waals surface area (Å²) in [4.78, 5) is 2.06. The molecule has 4 rings (SSSR count). The Balaban J connectivity index is 1.92. The first-order valence-electron chi connectivity index (χ1n) is 18.7. The Morgan fingerprint density at radius 3 is 2.34 bits per heavy atom. The van der Waals surface area contributed by atoms with E-state index in [-0.39, 0.29) is 43.1 Å². The van der Waals surface area contributed by atoms with E-state index in [4.69, 9.17) is 23.2 Å². The molecule has 1 aliphatic heterocycles. The molecule has 6 atom stereocenters. The van der Waals surface area contributed by atoms with Gasteiger partial charge in [0.05, 0.1) is 24.1 Å². The van der Waals surface area contributed by atoms with Crippen molar-refractivity contribution < 1.29 is 22.0 Å². The molecule has 1 saturated heterocycles. The highest BCUT2D eigenvalue weighted by molar-refractivity contribution is 6.32. The molecule has 0 bridgehead atoms. The Labute approximate surface area is 317 Å². The van der Waals surface area contributed by atoms with E-state index in [9.17, 15) is 13.2 Å². The lowest BCUT2D eigenvalue weighted by Crippen LogP contribution is -2.39. The van der Waals surface area contributed by atoms with Gasteiger partial charge in [0.2, 0.25) is 0 Å².